The van der Waals surface area contributed by atoms with Gasteiger partial charge < -0.3 is 24.6 Å². The zero-order valence-electron chi connectivity index (χ0n) is 16.7. The fraction of sp³-hybridized carbons (Fsp3) is 0.650. The molecule has 1 saturated heterocycles. The highest BCUT2D eigenvalue weighted by molar-refractivity contribution is 5.74. The number of carbonyl (C=O) groups excluding carboxylic acids is 1. The summed E-state index contributed by atoms with van der Waals surface area (Å²) in [4.78, 5) is 16.5. The molecule has 1 aromatic carbocycles. The predicted molar refractivity (Wildman–Crippen MR) is 104 cm³/mol. The molecule has 1 aromatic rings. The summed E-state index contributed by atoms with van der Waals surface area (Å²) in [6.45, 7) is 7.02. The van der Waals surface area contributed by atoms with Crippen LogP contribution in [0.5, 0.6) is 11.5 Å². The number of likely N-dealkylation sites (tertiary alicyclic amines) is 1. The average molecular weight is 364 g/mol. The van der Waals surface area contributed by atoms with Crippen LogP contribution in [0.3, 0.4) is 0 Å². The summed E-state index contributed by atoms with van der Waals surface area (Å²) in [6, 6.07) is 7.65. The SMILES string of the molecule is COc1cccc(OCC2CCCN(C(=O)NCC(C)(C)N(C)C)C2)c1. The lowest BCUT2D eigenvalue weighted by Crippen LogP contribution is -2.53. The topological polar surface area (TPSA) is 54.0 Å². The van der Waals surface area contributed by atoms with Crippen LogP contribution in [-0.4, -0.2) is 68.8 Å². The second kappa shape index (κ2) is 9.12. The van der Waals surface area contributed by atoms with Crippen LogP contribution in [0.2, 0.25) is 0 Å². The average Bonchev–Trinajstić information content (AvgIpc) is 2.64. The van der Waals surface area contributed by atoms with Crippen molar-refractivity contribution < 1.29 is 14.3 Å². The van der Waals surface area contributed by atoms with E-state index in [0.717, 1.165) is 37.4 Å². The predicted octanol–water partition coefficient (Wildman–Crippen LogP) is 2.84. The first-order valence-corrected chi connectivity index (χ1v) is 9.29. The van der Waals surface area contributed by atoms with Crippen molar-refractivity contribution >= 4 is 6.03 Å². The van der Waals surface area contributed by atoms with Gasteiger partial charge in [-0.3, -0.25) is 0 Å². The molecule has 1 heterocycles. The van der Waals surface area contributed by atoms with E-state index in [1.165, 1.54) is 0 Å². The van der Waals surface area contributed by atoms with E-state index in [0.29, 0.717) is 19.1 Å². The fourth-order valence-corrected chi connectivity index (χ4v) is 2.85. The van der Waals surface area contributed by atoms with Gasteiger partial charge in [-0.1, -0.05) is 6.07 Å². The molecule has 6 nitrogen and oxygen atoms in total. The van der Waals surface area contributed by atoms with Gasteiger partial charge in [-0.05, 0) is 52.9 Å². The number of urea groups is 1. The lowest BCUT2D eigenvalue weighted by atomic mass is 9.99. The molecule has 0 bridgehead atoms. The van der Waals surface area contributed by atoms with Gasteiger partial charge in [-0.15, -0.1) is 0 Å². The van der Waals surface area contributed by atoms with E-state index in [1.807, 2.05) is 43.3 Å². The van der Waals surface area contributed by atoms with Crippen LogP contribution in [0.25, 0.3) is 0 Å². The van der Waals surface area contributed by atoms with E-state index in [4.69, 9.17) is 9.47 Å². The number of hydrogen-bond donors (Lipinski definition) is 1. The van der Waals surface area contributed by atoms with Crippen LogP contribution in [0.4, 0.5) is 4.79 Å². The Morgan fingerprint density at radius 3 is 2.77 bits per heavy atom. The Balaban J connectivity index is 1.81. The van der Waals surface area contributed by atoms with Crippen LogP contribution in [0, 0.1) is 5.92 Å². The Kier molecular flexibility index (Phi) is 7.14. The minimum Gasteiger partial charge on any atom is -0.497 e. The van der Waals surface area contributed by atoms with Gasteiger partial charge in [0.15, 0.2) is 0 Å². The second-order valence-corrected chi connectivity index (χ2v) is 7.81. The largest absolute Gasteiger partial charge is 0.497 e. The highest BCUT2D eigenvalue weighted by Crippen LogP contribution is 2.22. The number of nitrogens with one attached hydrogen (secondary N) is 1. The van der Waals surface area contributed by atoms with Gasteiger partial charge in [-0.25, -0.2) is 4.79 Å². The molecular formula is C20H33N3O3. The van der Waals surface area contributed by atoms with E-state index >= 15 is 0 Å². The number of hydrogen-bond acceptors (Lipinski definition) is 4. The monoisotopic (exact) mass is 363 g/mol. The third kappa shape index (κ3) is 5.80. The van der Waals surface area contributed by atoms with Crippen molar-refractivity contribution in [3.63, 3.8) is 0 Å². The van der Waals surface area contributed by atoms with E-state index in [1.54, 1.807) is 7.11 Å². The van der Waals surface area contributed by atoms with Gasteiger partial charge in [0.05, 0.1) is 13.7 Å². The van der Waals surface area contributed by atoms with Gasteiger partial charge in [0, 0.05) is 37.2 Å². The molecule has 2 rings (SSSR count). The van der Waals surface area contributed by atoms with Gasteiger partial charge in [0.1, 0.15) is 11.5 Å². The molecule has 0 saturated carbocycles. The van der Waals surface area contributed by atoms with Gasteiger partial charge in [0.25, 0.3) is 0 Å². The quantitative estimate of drug-likeness (QED) is 0.809. The lowest BCUT2D eigenvalue weighted by Gasteiger charge is -2.36. The highest BCUT2D eigenvalue weighted by Gasteiger charge is 2.26. The number of carbonyl (C=O) groups is 1. The van der Waals surface area contributed by atoms with E-state index in [9.17, 15) is 4.79 Å². The van der Waals surface area contributed by atoms with Crippen molar-refractivity contribution in [2.24, 2.45) is 5.92 Å². The van der Waals surface area contributed by atoms with Crippen LogP contribution >= 0.6 is 0 Å². The van der Waals surface area contributed by atoms with Crippen LogP contribution in [-0.2, 0) is 0 Å². The normalized spacial score (nSPS) is 17.9. The minimum absolute atomic E-state index is 0.0194. The summed E-state index contributed by atoms with van der Waals surface area (Å²) in [5.41, 5.74) is -0.0691. The maximum absolute atomic E-state index is 12.5. The smallest absolute Gasteiger partial charge is 0.317 e. The number of benzene rings is 1. The summed E-state index contributed by atoms with van der Waals surface area (Å²) in [7, 11) is 5.70. The molecule has 1 atom stereocenters. The first kappa shape index (κ1) is 20.4. The molecule has 146 valence electrons. The van der Waals surface area contributed by atoms with E-state index < -0.39 is 0 Å². The number of piperidine rings is 1. The van der Waals surface area contributed by atoms with Crippen LogP contribution in [0.1, 0.15) is 26.7 Å². The number of amides is 2. The fourth-order valence-electron chi connectivity index (χ4n) is 2.85. The summed E-state index contributed by atoms with van der Waals surface area (Å²) >= 11 is 0. The molecule has 1 N–H and O–H groups in total. The van der Waals surface area contributed by atoms with Crippen LogP contribution < -0.4 is 14.8 Å². The molecule has 26 heavy (non-hydrogen) atoms. The summed E-state index contributed by atoms with van der Waals surface area (Å²) in [6.07, 6.45) is 2.09. The maximum atomic E-state index is 12.5. The van der Waals surface area contributed by atoms with E-state index in [2.05, 4.69) is 24.1 Å². The number of ether oxygens (including phenoxy) is 2. The third-order valence-corrected chi connectivity index (χ3v) is 5.22. The Morgan fingerprint density at radius 2 is 2.08 bits per heavy atom. The van der Waals surface area contributed by atoms with Gasteiger partial charge >= 0.3 is 6.03 Å². The molecule has 1 aliphatic heterocycles. The molecule has 0 radical (unpaired) electrons. The third-order valence-electron chi connectivity index (χ3n) is 5.22. The lowest BCUT2D eigenvalue weighted by molar-refractivity contribution is 0.131. The van der Waals surface area contributed by atoms with Gasteiger partial charge in [-0.2, -0.15) is 0 Å². The van der Waals surface area contributed by atoms with Crippen molar-refractivity contribution in [2.45, 2.75) is 32.2 Å². The molecule has 1 unspecified atom stereocenters. The number of methoxy groups -OCH3 is 1. The Morgan fingerprint density at radius 1 is 1.35 bits per heavy atom. The summed E-state index contributed by atoms with van der Waals surface area (Å²) in [5.74, 6) is 1.94. The zero-order chi connectivity index (χ0) is 19.2. The van der Waals surface area contributed by atoms with Crippen molar-refractivity contribution in [1.29, 1.82) is 0 Å². The van der Waals surface area contributed by atoms with Crippen molar-refractivity contribution in [3.05, 3.63) is 24.3 Å². The molecule has 0 spiro atoms. The van der Waals surface area contributed by atoms with Crippen LogP contribution in [0.15, 0.2) is 24.3 Å². The first-order chi connectivity index (χ1) is 12.3. The number of rotatable bonds is 7. The second-order valence-electron chi connectivity index (χ2n) is 7.81. The molecular weight excluding hydrogens is 330 g/mol. The minimum atomic E-state index is -0.0691. The molecule has 1 aliphatic rings. The highest BCUT2D eigenvalue weighted by atomic mass is 16.5. The maximum Gasteiger partial charge on any atom is 0.317 e. The zero-order valence-corrected chi connectivity index (χ0v) is 16.7. The van der Waals surface area contributed by atoms with Crippen molar-refractivity contribution in [2.75, 3.05) is 47.4 Å². The standard InChI is InChI=1S/C20H33N3O3/c1-20(2,22(3)4)15-21-19(24)23-11-7-8-16(13-23)14-26-18-10-6-9-17(12-18)25-5/h6,9-10,12,16H,7-8,11,13-15H2,1-5H3,(H,21,24). The van der Waals surface area contributed by atoms with Gasteiger partial charge in [0.2, 0.25) is 0 Å². The molecule has 2 amide bonds. The van der Waals surface area contributed by atoms with E-state index in [-0.39, 0.29) is 11.6 Å². The summed E-state index contributed by atoms with van der Waals surface area (Å²) < 4.78 is 11.1. The molecule has 6 heteroatoms. The molecule has 0 aliphatic carbocycles. The first-order valence-electron chi connectivity index (χ1n) is 9.29. The number of likely N-dealkylation sites (N-methyl/N-ethyl adjacent to an activating group) is 1. The number of nitrogens with zero attached hydrogens (tertiary/aromatic N) is 2. The Labute approximate surface area is 157 Å². The van der Waals surface area contributed by atoms with Crippen molar-refractivity contribution in [3.8, 4) is 11.5 Å². The molecule has 0 aromatic heterocycles. The molecule has 1 fully saturated rings. The Bertz CT molecular complexity index is 589. The summed E-state index contributed by atoms with van der Waals surface area (Å²) in [5, 5.41) is 3.07. The Hall–Kier alpha value is -1.95. The van der Waals surface area contributed by atoms with Crippen molar-refractivity contribution in [1.82, 2.24) is 15.1 Å².